The third kappa shape index (κ3) is 5.01. The highest BCUT2D eigenvalue weighted by atomic mass is 32.1. The lowest BCUT2D eigenvalue weighted by Gasteiger charge is -2.24. The van der Waals surface area contributed by atoms with Crippen molar-refractivity contribution in [1.82, 2.24) is 10.9 Å². The minimum absolute atomic E-state index is 0.0281. The summed E-state index contributed by atoms with van der Waals surface area (Å²) in [4.78, 5) is 11.7. The van der Waals surface area contributed by atoms with E-state index in [1.54, 1.807) is 0 Å². The summed E-state index contributed by atoms with van der Waals surface area (Å²) in [5.74, 6) is 0.179. The molecule has 0 heterocycles. The Labute approximate surface area is 131 Å². The van der Waals surface area contributed by atoms with Crippen LogP contribution in [0.2, 0.25) is 0 Å². The minimum atomic E-state index is 0.0281. The van der Waals surface area contributed by atoms with Crippen molar-refractivity contribution in [3.63, 3.8) is 0 Å². The molecule has 0 radical (unpaired) electrons. The number of amides is 1. The molecule has 2 rings (SSSR count). The quantitative estimate of drug-likeness (QED) is 0.578. The summed E-state index contributed by atoms with van der Waals surface area (Å²) in [6, 6.07) is 8.22. The first kappa shape index (κ1) is 15.8. The predicted octanol–water partition coefficient (Wildman–Crippen LogP) is 3.15. The number of hydrogen-bond donors (Lipinski definition) is 3. The first-order valence-corrected chi connectivity index (χ1v) is 8.05. The van der Waals surface area contributed by atoms with E-state index in [1.807, 2.05) is 12.1 Å². The maximum Gasteiger partial charge on any atom is 0.241 e. The fraction of sp³-hybridized carbons (Fsp3) is 0.500. The van der Waals surface area contributed by atoms with Gasteiger partial charge in [0, 0.05) is 11.6 Å². The molecule has 1 aromatic rings. The lowest BCUT2D eigenvalue weighted by molar-refractivity contribution is -0.127. The van der Waals surface area contributed by atoms with E-state index in [0.29, 0.717) is 5.11 Å². The Kier molecular flexibility index (Phi) is 5.99. The average molecular weight is 305 g/mol. The van der Waals surface area contributed by atoms with Gasteiger partial charge in [-0.25, -0.2) is 0 Å². The zero-order valence-electron chi connectivity index (χ0n) is 12.4. The SMILES string of the molecule is CCCCc1ccc(NC(=S)NNC(=O)C2CCC2)cc1. The topological polar surface area (TPSA) is 53.2 Å². The van der Waals surface area contributed by atoms with Gasteiger partial charge in [-0.3, -0.25) is 15.6 Å². The zero-order valence-corrected chi connectivity index (χ0v) is 13.3. The van der Waals surface area contributed by atoms with Crippen LogP contribution < -0.4 is 16.2 Å². The standard InChI is InChI=1S/C16H23N3OS/c1-2-3-5-12-8-10-14(11-9-12)17-16(21)19-18-15(20)13-6-4-7-13/h8-11,13H,2-7H2,1H3,(H,18,20)(H2,17,19,21). The molecule has 1 fully saturated rings. The smallest absolute Gasteiger partial charge is 0.241 e. The van der Waals surface area contributed by atoms with E-state index < -0.39 is 0 Å². The van der Waals surface area contributed by atoms with E-state index in [2.05, 4.69) is 35.2 Å². The van der Waals surface area contributed by atoms with Gasteiger partial charge in [-0.1, -0.05) is 31.9 Å². The third-order valence-electron chi connectivity index (χ3n) is 3.81. The van der Waals surface area contributed by atoms with Crippen LogP contribution in [-0.4, -0.2) is 11.0 Å². The molecule has 1 aliphatic carbocycles. The molecule has 1 amide bonds. The summed E-state index contributed by atoms with van der Waals surface area (Å²) in [6.45, 7) is 2.19. The number of hydrogen-bond acceptors (Lipinski definition) is 2. The zero-order chi connectivity index (χ0) is 15.1. The van der Waals surface area contributed by atoms with Crippen LogP contribution >= 0.6 is 12.2 Å². The van der Waals surface area contributed by atoms with E-state index in [4.69, 9.17) is 12.2 Å². The van der Waals surface area contributed by atoms with Crippen molar-refractivity contribution < 1.29 is 4.79 Å². The highest BCUT2D eigenvalue weighted by Gasteiger charge is 2.24. The number of carbonyl (C=O) groups excluding carboxylic acids is 1. The monoisotopic (exact) mass is 305 g/mol. The van der Waals surface area contributed by atoms with Crippen molar-refractivity contribution in [2.45, 2.75) is 45.4 Å². The second kappa shape index (κ2) is 7.98. The van der Waals surface area contributed by atoms with Crippen LogP contribution in [0, 0.1) is 5.92 Å². The number of nitrogens with one attached hydrogen (secondary N) is 3. The molecular formula is C16H23N3OS. The van der Waals surface area contributed by atoms with E-state index in [9.17, 15) is 4.79 Å². The number of hydrazine groups is 1. The molecule has 3 N–H and O–H groups in total. The third-order valence-corrected chi connectivity index (χ3v) is 4.01. The van der Waals surface area contributed by atoms with E-state index in [0.717, 1.165) is 31.4 Å². The number of rotatable bonds is 5. The highest BCUT2D eigenvalue weighted by Crippen LogP contribution is 2.25. The van der Waals surface area contributed by atoms with Gasteiger partial charge in [0.1, 0.15) is 0 Å². The van der Waals surface area contributed by atoms with Crippen LogP contribution in [-0.2, 0) is 11.2 Å². The van der Waals surface area contributed by atoms with Gasteiger partial charge in [-0.05, 0) is 55.6 Å². The summed E-state index contributed by atoms with van der Waals surface area (Å²) in [6.07, 6.45) is 6.62. The predicted molar refractivity (Wildman–Crippen MR) is 89.9 cm³/mol. The maximum absolute atomic E-state index is 11.7. The van der Waals surface area contributed by atoms with Crippen LogP contribution in [0.25, 0.3) is 0 Å². The molecule has 21 heavy (non-hydrogen) atoms. The number of anilines is 1. The highest BCUT2D eigenvalue weighted by molar-refractivity contribution is 7.80. The molecule has 0 saturated heterocycles. The second-order valence-electron chi connectivity index (χ2n) is 5.50. The molecule has 1 aliphatic rings. The van der Waals surface area contributed by atoms with Gasteiger partial charge in [0.2, 0.25) is 5.91 Å². The molecule has 5 heteroatoms. The molecule has 1 saturated carbocycles. The summed E-state index contributed by atoms with van der Waals surface area (Å²) in [5.41, 5.74) is 7.66. The Bertz CT molecular complexity index is 483. The molecule has 4 nitrogen and oxygen atoms in total. The maximum atomic E-state index is 11.7. The second-order valence-corrected chi connectivity index (χ2v) is 5.90. The molecule has 0 spiro atoms. The van der Waals surface area contributed by atoms with Gasteiger partial charge in [-0.2, -0.15) is 0 Å². The molecule has 0 aliphatic heterocycles. The summed E-state index contributed by atoms with van der Waals surface area (Å²) in [5, 5.41) is 3.47. The largest absolute Gasteiger partial charge is 0.331 e. The van der Waals surface area contributed by atoms with Crippen molar-refractivity contribution in [1.29, 1.82) is 0 Å². The Balaban J connectivity index is 1.72. The minimum Gasteiger partial charge on any atom is -0.331 e. The van der Waals surface area contributed by atoms with Crippen molar-refractivity contribution in [3.05, 3.63) is 29.8 Å². The summed E-state index contributed by atoms with van der Waals surface area (Å²) in [7, 11) is 0. The fourth-order valence-corrected chi connectivity index (χ4v) is 2.36. The van der Waals surface area contributed by atoms with E-state index in [1.165, 1.54) is 18.4 Å². The number of unbranched alkanes of at least 4 members (excludes halogenated alkanes) is 1. The average Bonchev–Trinajstić information content (AvgIpc) is 2.42. The number of thiocarbonyl (C=S) groups is 1. The normalized spacial score (nSPS) is 14.1. The van der Waals surface area contributed by atoms with Crippen LogP contribution in [0.15, 0.2) is 24.3 Å². The molecule has 0 atom stereocenters. The molecule has 0 bridgehead atoms. The Hall–Kier alpha value is -1.62. The molecule has 114 valence electrons. The van der Waals surface area contributed by atoms with Crippen molar-refractivity contribution in [2.24, 2.45) is 5.92 Å². The first-order valence-electron chi connectivity index (χ1n) is 7.65. The Morgan fingerprint density at radius 3 is 2.52 bits per heavy atom. The van der Waals surface area contributed by atoms with Gasteiger partial charge >= 0.3 is 0 Å². The molecule has 0 unspecified atom stereocenters. The van der Waals surface area contributed by atoms with E-state index >= 15 is 0 Å². The summed E-state index contributed by atoms with van der Waals surface area (Å²) < 4.78 is 0. The lowest BCUT2D eigenvalue weighted by Crippen LogP contribution is -2.47. The van der Waals surface area contributed by atoms with Gasteiger partial charge in [-0.15, -0.1) is 0 Å². The number of benzene rings is 1. The lowest BCUT2D eigenvalue weighted by atomic mass is 9.85. The Morgan fingerprint density at radius 2 is 1.95 bits per heavy atom. The van der Waals surface area contributed by atoms with E-state index in [-0.39, 0.29) is 11.8 Å². The van der Waals surface area contributed by atoms with Crippen LogP contribution in [0.5, 0.6) is 0 Å². The van der Waals surface area contributed by atoms with Crippen molar-refractivity contribution >= 4 is 28.9 Å². The summed E-state index contributed by atoms with van der Waals surface area (Å²) >= 11 is 5.16. The van der Waals surface area contributed by atoms with Gasteiger partial charge in [0.15, 0.2) is 5.11 Å². The van der Waals surface area contributed by atoms with Crippen molar-refractivity contribution in [2.75, 3.05) is 5.32 Å². The van der Waals surface area contributed by atoms with Gasteiger partial charge in [0.05, 0.1) is 0 Å². The first-order chi connectivity index (χ1) is 10.2. The van der Waals surface area contributed by atoms with Crippen LogP contribution in [0.1, 0.15) is 44.6 Å². The molecular weight excluding hydrogens is 282 g/mol. The Morgan fingerprint density at radius 1 is 1.24 bits per heavy atom. The van der Waals surface area contributed by atoms with Crippen molar-refractivity contribution in [3.8, 4) is 0 Å². The number of aryl methyl sites for hydroxylation is 1. The van der Waals surface area contributed by atoms with Crippen LogP contribution in [0.4, 0.5) is 5.69 Å². The number of carbonyl (C=O) groups is 1. The molecule has 0 aromatic heterocycles. The van der Waals surface area contributed by atoms with Crippen LogP contribution in [0.3, 0.4) is 0 Å². The van der Waals surface area contributed by atoms with Gasteiger partial charge < -0.3 is 5.32 Å². The fourth-order valence-electron chi connectivity index (χ4n) is 2.19. The molecule has 1 aromatic carbocycles. The van der Waals surface area contributed by atoms with Gasteiger partial charge in [0.25, 0.3) is 0 Å².